The number of thioether (sulfide) groups is 1. The molecule has 2 aromatic rings. The van der Waals surface area contributed by atoms with Gasteiger partial charge in [-0.15, -0.1) is 18.3 Å². The van der Waals surface area contributed by atoms with Gasteiger partial charge in [-0.2, -0.15) is 0 Å². The van der Waals surface area contributed by atoms with Crippen molar-refractivity contribution in [2.45, 2.75) is 17.9 Å². The summed E-state index contributed by atoms with van der Waals surface area (Å²) in [6.07, 6.45) is 1.84. The van der Waals surface area contributed by atoms with Gasteiger partial charge < -0.3 is 5.32 Å². The Balaban J connectivity index is 2.11. The minimum atomic E-state index is -0.0430. The van der Waals surface area contributed by atoms with E-state index >= 15 is 0 Å². The van der Waals surface area contributed by atoms with Crippen LogP contribution in [-0.2, 0) is 0 Å². The van der Waals surface area contributed by atoms with Gasteiger partial charge in [0.05, 0.1) is 11.6 Å². The van der Waals surface area contributed by atoms with Crippen molar-refractivity contribution in [2.75, 3.05) is 5.75 Å². The first-order valence-corrected chi connectivity index (χ1v) is 7.89. The lowest BCUT2D eigenvalue weighted by molar-refractivity contribution is 0.0937. The van der Waals surface area contributed by atoms with Gasteiger partial charge in [0.1, 0.15) is 0 Å². The molecule has 0 aliphatic heterocycles. The van der Waals surface area contributed by atoms with Crippen LogP contribution in [0, 0.1) is 0 Å². The highest BCUT2D eigenvalue weighted by molar-refractivity contribution is 7.99. The third-order valence-electron chi connectivity index (χ3n) is 3.14. The van der Waals surface area contributed by atoms with Crippen LogP contribution >= 0.6 is 11.8 Å². The molecule has 0 heterocycles. The first-order chi connectivity index (χ1) is 10.2. The standard InChI is InChI=1S/C18H19NOS/c1-3-13-21-17-12-8-7-11-16(17)18(20)19-14(2)15-9-5-4-6-10-15/h3-12,14H,1,13H2,2H3,(H,19,20)/t14-/m1/s1. The Bertz CT molecular complexity index is 610. The molecule has 1 atom stereocenters. The summed E-state index contributed by atoms with van der Waals surface area (Å²) in [4.78, 5) is 13.4. The maximum Gasteiger partial charge on any atom is 0.252 e. The molecule has 0 saturated heterocycles. The predicted molar refractivity (Wildman–Crippen MR) is 89.7 cm³/mol. The van der Waals surface area contributed by atoms with E-state index in [1.54, 1.807) is 11.8 Å². The minimum absolute atomic E-state index is 0.0174. The molecule has 0 aromatic heterocycles. The SMILES string of the molecule is C=CCSc1ccccc1C(=O)N[C@H](C)c1ccccc1. The topological polar surface area (TPSA) is 29.1 Å². The maximum absolute atomic E-state index is 12.5. The van der Waals surface area contributed by atoms with Crippen LogP contribution in [0.25, 0.3) is 0 Å². The van der Waals surface area contributed by atoms with Crippen molar-refractivity contribution in [3.05, 3.63) is 78.4 Å². The number of benzene rings is 2. The van der Waals surface area contributed by atoms with Gasteiger partial charge in [0, 0.05) is 10.6 Å². The molecule has 0 fully saturated rings. The minimum Gasteiger partial charge on any atom is -0.345 e. The molecule has 1 amide bonds. The molecule has 1 N–H and O–H groups in total. The number of rotatable bonds is 6. The zero-order valence-corrected chi connectivity index (χ0v) is 12.9. The number of nitrogens with one attached hydrogen (secondary N) is 1. The summed E-state index contributed by atoms with van der Waals surface area (Å²) >= 11 is 1.62. The summed E-state index contributed by atoms with van der Waals surface area (Å²) < 4.78 is 0. The Morgan fingerprint density at radius 2 is 1.86 bits per heavy atom. The lowest BCUT2D eigenvalue weighted by atomic mass is 10.1. The third-order valence-corrected chi connectivity index (χ3v) is 4.20. The van der Waals surface area contributed by atoms with Gasteiger partial charge in [0.2, 0.25) is 0 Å². The average Bonchev–Trinajstić information content (AvgIpc) is 2.54. The highest BCUT2D eigenvalue weighted by Crippen LogP contribution is 2.23. The van der Waals surface area contributed by atoms with Crippen molar-refractivity contribution in [3.8, 4) is 0 Å². The third kappa shape index (κ3) is 4.23. The zero-order chi connectivity index (χ0) is 15.1. The summed E-state index contributed by atoms with van der Waals surface area (Å²) in [6, 6.07) is 17.6. The second-order valence-electron chi connectivity index (χ2n) is 4.70. The summed E-state index contributed by atoms with van der Waals surface area (Å²) in [5.41, 5.74) is 1.81. The number of carbonyl (C=O) groups excluding carboxylic acids is 1. The predicted octanol–water partition coefficient (Wildman–Crippen LogP) is 4.46. The first-order valence-electron chi connectivity index (χ1n) is 6.91. The van der Waals surface area contributed by atoms with Gasteiger partial charge in [-0.25, -0.2) is 0 Å². The molecule has 0 unspecified atom stereocenters. The van der Waals surface area contributed by atoms with Gasteiger partial charge in [0.25, 0.3) is 5.91 Å². The zero-order valence-electron chi connectivity index (χ0n) is 12.1. The van der Waals surface area contributed by atoms with Gasteiger partial charge in [0.15, 0.2) is 0 Å². The normalized spacial score (nSPS) is 11.7. The maximum atomic E-state index is 12.5. The summed E-state index contributed by atoms with van der Waals surface area (Å²) in [5, 5.41) is 3.05. The van der Waals surface area contributed by atoms with Crippen molar-refractivity contribution in [2.24, 2.45) is 0 Å². The van der Waals surface area contributed by atoms with E-state index in [-0.39, 0.29) is 11.9 Å². The Kier molecular flexibility index (Phi) is 5.64. The summed E-state index contributed by atoms with van der Waals surface area (Å²) in [5.74, 6) is 0.747. The molecule has 0 radical (unpaired) electrons. The lowest BCUT2D eigenvalue weighted by Gasteiger charge is -2.15. The molecule has 0 spiro atoms. The molecular formula is C18H19NOS. The Morgan fingerprint density at radius 3 is 2.57 bits per heavy atom. The Labute approximate surface area is 130 Å². The van der Waals surface area contributed by atoms with E-state index in [2.05, 4.69) is 11.9 Å². The Morgan fingerprint density at radius 1 is 1.19 bits per heavy atom. The van der Waals surface area contributed by atoms with Crippen LogP contribution < -0.4 is 5.32 Å². The van der Waals surface area contributed by atoms with Gasteiger partial charge >= 0.3 is 0 Å². The van der Waals surface area contributed by atoms with Crippen LogP contribution in [0.2, 0.25) is 0 Å². The number of amides is 1. The quantitative estimate of drug-likeness (QED) is 0.630. The van der Waals surface area contributed by atoms with Crippen LogP contribution in [0.4, 0.5) is 0 Å². The molecule has 2 aromatic carbocycles. The monoisotopic (exact) mass is 297 g/mol. The van der Waals surface area contributed by atoms with Crippen molar-refractivity contribution < 1.29 is 4.79 Å². The van der Waals surface area contributed by atoms with E-state index in [9.17, 15) is 4.79 Å². The van der Waals surface area contributed by atoms with E-state index in [1.807, 2.05) is 67.6 Å². The van der Waals surface area contributed by atoms with E-state index < -0.39 is 0 Å². The van der Waals surface area contributed by atoms with E-state index in [0.717, 1.165) is 16.2 Å². The fourth-order valence-corrected chi connectivity index (χ4v) is 2.82. The van der Waals surface area contributed by atoms with Crippen LogP contribution in [0.3, 0.4) is 0 Å². The van der Waals surface area contributed by atoms with Crippen molar-refractivity contribution in [1.82, 2.24) is 5.32 Å². The smallest absolute Gasteiger partial charge is 0.252 e. The van der Waals surface area contributed by atoms with Gasteiger partial charge in [-0.1, -0.05) is 48.5 Å². The fraction of sp³-hybridized carbons (Fsp3) is 0.167. The molecule has 2 rings (SSSR count). The largest absolute Gasteiger partial charge is 0.345 e. The lowest BCUT2D eigenvalue weighted by Crippen LogP contribution is -2.27. The molecule has 0 aliphatic carbocycles. The highest BCUT2D eigenvalue weighted by Gasteiger charge is 2.14. The molecule has 0 saturated carbocycles. The molecule has 2 nitrogen and oxygen atoms in total. The summed E-state index contributed by atoms with van der Waals surface area (Å²) in [6.45, 7) is 5.71. The molecule has 3 heteroatoms. The van der Waals surface area contributed by atoms with Crippen molar-refractivity contribution >= 4 is 17.7 Å². The summed E-state index contributed by atoms with van der Waals surface area (Å²) in [7, 11) is 0. The molecular weight excluding hydrogens is 278 g/mol. The van der Waals surface area contributed by atoms with E-state index in [4.69, 9.17) is 0 Å². The average molecular weight is 297 g/mol. The Hall–Kier alpha value is -2.00. The second-order valence-corrected chi connectivity index (χ2v) is 5.76. The fourth-order valence-electron chi connectivity index (χ4n) is 2.03. The second kappa shape index (κ2) is 7.70. The molecule has 21 heavy (non-hydrogen) atoms. The molecule has 108 valence electrons. The highest BCUT2D eigenvalue weighted by atomic mass is 32.2. The van der Waals surface area contributed by atoms with Crippen LogP contribution in [0.1, 0.15) is 28.9 Å². The van der Waals surface area contributed by atoms with E-state index in [1.165, 1.54) is 0 Å². The van der Waals surface area contributed by atoms with Crippen LogP contribution in [-0.4, -0.2) is 11.7 Å². The number of hydrogen-bond acceptors (Lipinski definition) is 2. The molecule has 0 bridgehead atoms. The van der Waals surface area contributed by atoms with Crippen molar-refractivity contribution in [3.63, 3.8) is 0 Å². The van der Waals surface area contributed by atoms with Gasteiger partial charge in [-0.3, -0.25) is 4.79 Å². The van der Waals surface area contributed by atoms with Crippen LogP contribution in [0.5, 0.6) is 0 Å². The first kappa shape index (κ1) is 15.4. The number of carbonyl (C=O) groups is 1. The number of hydrogen-bond donors (Lipinski definition) is 1. The molecule has 0 aliphatic rings. The van der Waals surface area contributed by atoms with E-state index in [0.29, 0.717) is 5.56 Å². The van der Waals surface area contributed by atoms with Crippen molar-refractivity contribution in [1.29, 1.82) is 0 Å². The van der Waals surface area contributed by atoms with Gasteiger partial charge in [-0.05, 0) is 24.6 Å². The van der Waals surface area contributed by atoms with Crippen LogP contribution in [0.15, 0.2) is 72.1 Å².